The molecule has 1 aromatic carbocycles. The van der Waals surface area contributed by atoms with Crippen LogP contribution in [0.4, 0.5) is 5.69 Å². The summed E-state index contributed by atoms with van der Waals surface area (Å²) in [5.41, 5.74) is 9.74. The number of rotatable bonds is 4. The van der Waals surface area contributed by atoms with E-state index >= 15 is 0 Å². The molecule has 3 N–H and O–H groups in total. The first-order valence-electron chi connectivity index (χ1n) is 10.5. The molecule has 7 nitrogen and oxygen atoms in total. The van der Waals surface area contributed by atoms with Gasteiger partial charge in [-0.15, -0.1) is 0 Å². The van der Waals surface area contributed by atoms with Gasteiger partial charge in [0.1, 0.15) is 11.5 Å². The second kappa shape index (κ2) is 8.04. The standard InChI is InChI=1S/C25H26N4O3/c1-25(2)11-18-23(19(30)12-25)22(15-7-8-20(31-3)21(10-15)32-4)17(13-26)24(27)29(18)16-6-5-9-28-14-16/h5-10,14,22H,11-12,27H2,1-4H3/p+1. The second-order valence-electron chi connectivity index (χ2n) is 8.86. The predicted octanol–water partition coefficient (Wildman–Crippen LogP) is 3.46. The Labute approximate surface area is 187 Å². The number of nitrogens with one attached hydrogen (secondary N) is 1. The third kappa shape index (κ3) is 3.48. The van der Waals surface area contributed by atoms with Gasteiger partial charge in [-0.05, 0) is 35.6 Å². The molecular formula is C25H27N4O3+. The molecule has 1 unspecified atom stereocenters. The molecule has 164 valence electrons. The number of nitrogens with two attached hydrogens (primary N) is 1. The number of hydrogen-bond acceptors (Lipinski definition) is 6. The number of allylic oxidation sites excluding steroid dienone is 3. The molecule has 2 heterocycles. The molecule has 0 amide bonds. The van der Waals surface area contributed by atoms with Gasteiger partial charge in [0.25, 0.3) is 0 Å². The highest BCUT2D eigenvalue weighted by atomic mass is 16.5. The number of pyridine rings is 1. The molecular weight excluding hydrogens is 404 g/mol. The predicted molar refractivity (Wildman–Crippen MR) is 120 cm³/mol. The fourth-order valence-corrected chi connectivity index (χ4v) is 4.69. The van der Waals surface area contributed by atoms with Crippen LogP contribution in [0, 0.1) is 16.7 Å². The minimum absolute atomic E-state index is 0.0289. The van der Waals surface area contributed by atoms with Crippen molar-refractivity contribution in [1.29, 1.82) is 5.26 Å². The van der Waals surface area contributed by atoms with Crippen LogP contribution in [0.2, 0.25) is 0 Å². The van der Waals surface area contributed by atoms with E-state index in [9.17, 15) is 10.1 Å². The SMILES string of the molecule is COc1ccc(C2C(C#N)=C(N)N(c3ccc[nH+]c3)C3=C2C(=O)CC(C)(C)C3)cc1OC. The minimum Gasteiger partial charge on any atom is -0.493 e. The third-order valence-electron chi connectivity index (χ3n) is 6.07. The molecule has 0 radical (unpaired) electrons. The maximum Gasteiger partial charge on any atom is 0.191 e. The molecule has 7 heteroatoms. The average Bonchev–Trinajstić information content (AvgIpc) is 2.77. The van der Waals surface area contributed by atoms with Crippen molar-refractivity contribution in [2.24, 2.45) is 11.1 Å². The Hall–Kier alpha value is -3.79. The van der Waals surface area contributed by atoms with Crippen LogP contribution in [0.5, 0.6) is 11.5 Å². The zero-order chi connectivity index (χ0) is 23.0. The fraction of sp³-hybridized carbons (Fsp3) is 0.320. The topological polar surface area (TPSA) is 103 Å². The van der Waals surface area contributed by atoms with E-state index < -0.39 is 5.92 Å². The Morgan fingerprint density at radius 3 is 2.56 bits per heavy atom. The first kappa shape index (κ1) is 21.4. The smallest absolute Gasteiger partial charge is 0.191 e. The monoisotopic (exact) mass is 431 g/mol. The van der Waals surface area contributed by atoms with E-state index in [4.69, 9.17) is 15.2 Å². The molecule has 1 aromatic heterocycles. The fourth-order valence-electron chi connectivity index (χ4n) is 4.69. The van der Waals surface area contributed by atoms with Crippen molar-refractivity contribution in [1.82, 2.24) is 0 Å². The normalized spacial score (nSPS) is 20.0. The lowest BCUT2D eigenvalue weighted by molar-refractivity contribution is -0.377. The largest absolute Gasteiger partial charge is 0.493 e. The summed E-state index contributed by atoms with van der Waals surface area (Å²) in [4.78, 5) is 18.4. The lowest BCUT2D eigenvalue weighted by Gasteiger charge is -2.43. The lowest BCUT2D eigenvalue weighted by Crippen LogP contribution is -2.42. The van der Waals surface area contributed by atoms with Crippen molar-refractivity contribution in [3.63, 3.8) is 0 Å². The van der Waals surface area contributed by atoms with Gasteiger partial charge in [-0.3, -0.25) is 9.69 Å². The third-order valence-corrected chi connectivity index (χ3v) is 6.07. The zero-order valence-electron chi connectivity index (χ0n) is 18.7. The summed E-state index contributed by atoms with van der Waals surface area (Å²) < 4.78 is 10.8. The van der Waals surface area contributed by atoms with Crippen molar-refractivity contribution in [2.45, 2.75) is 32.6 Å². The van der Waals surface area contributed by atoms with E-state index in [-0.39, 0.29) is 11.2 Å². The van der Waals surface area contributed by atoms with Gasteiger partial charge in [-0.25, -0.2) is 4.98 Å². The number of carbonyl (C=O) groups is 1. The van der Waals surface area contributed by atoms with Crippen molar-refractivity contribution in [3.8, 4) is 17.6 Å². The molecule has 0 spiro atoms. The Morgan fingerprint density at radius 2 is 1.94 bits per heavy atom. The number of H-pyrrole nitrogens is 1. The van der Waals surface area contributed by atoms with Crippen LogP contribution in [0.1, 0.15) is 38.2 Å². The number of anilines is 1. The van der Waals surface area contributed by atoms with E-state index in [1.165, 1.54) is 0 Å². The Bertz CT molecular complexity index is 1180. The van der Waals surface area contributed by atoms with Gasteiger partial charge in [0.15, 0.2) is 29.7 Å². The van der Waals surface area contributed by atoms with Crippen LogP contribution < -0.4 is 25.1 Å². The number of nitrogens with zero attached hydrogens (tertiary/aromatic N) is 2. The zero-order valence-corrected chi connectivity index (χ0v) is 18.7. The van der Waals surface area contributed by atoms with Crippen molar-refractivity contribution < 1.29 is 19.3 Å². The molecule has 2 aromatic rings. The maximum absolute atomic E-state index is 13.5. The molecule has 2 aliphatic rings. The Balaban J connectivity index is 1.99. The molecule has 0 bridgehead atoms. The van der Waals surface area contributed by atoms with Crippen LogP contribution in [-0.4, -0.2) is 20.0 Å². The number of methoxy groups -OCH3 is 2. The van der Waals surface area contributed by atoms with Gasteiger partial charge in [0.2, 0.25) is 0 Å². The Morgan fingerprint density at radius 1 is 1.19 bits per heavy atom. The van der Waals surface area contributed by atoms with Gasteiger partial charge in [-0.1, -0.05) is 19.9 Å². The summed E-state index contributed by atoms with van der Waals surface area (Å²) in [6.45, 7) is 4.16. The number of carbonyl (C=O) groups excluding carboxylic acids is 1. The number of ketones is 1. The molecule has 4 rings (SSSR count). The first-order valence-corrected chi connectivity index (χ1v) is 10.5. The van der Waals surface area contributed by atoms with Crippen LogP contribution in [0.3, 0.4) is 0 Å². The molecule has 0 saturated carbocycles. The minimum atomic E-state index is -0.567. The van der Waals surface area contributed by atoms with Gasteiger partial charge in [-0.2, -0.15) is 5.26 Å². The van der Waals surface area contributed by atoms with E-state index in [1.54, 1.807) is 26.5 Å². The summed E-state index contributed by atoms with van der Waals surface area (Å²) in [6.07, 6.45) is 4.68. The number of benzene rings is 1. The van der Waals surface area contributed by atoms with Crippen LogP contribution in [0.15, 0.2) is 65.4 Å². The van der Waals surface area contributed by atoms with Crippen LogP contribution >= 0.6 is 0 Å². The maximum atomic E-state index is 13.5. The van der Waals surface area contributed by atoms with Crippen molar-refractivity contribution >= 4 is 11.5 Å². The van der Waals surface area contributed by atoms with E-state index in [0.717, 1.165) is 16.9 Å². The van der Waals surface area contributed by atoms with Gasteiger partial charge < -0.3 is 15.2 Å². The number of nitriles is 1. The number of aromatic nitrogens is 1. The second-order valence-corrected chi connectivity index (χ2v) is 8.86. The molecule has 0 fully saturated rings. The van der Waals surface area contributed by atoms with E-state index in [1.807, 2.05) is 35.4 Å². The van der Waals surface area contributed by atoms with Crippen LogP contribution in [0.25, 0.3) is 0 Å². The number of hydrogen-bond donors (Lipinski definition) is 1. The summed E-state index contributed by atoms with van der Waals surface area (Å²) in [5.74, 6) is 0.903. The van der Waals surface area contributed by atoms with Gasteiger partial charge in [0.05, 0.1) is 31.8 Å². The molecule has 1 aliphatic carbocycles. The van der Waals surface area contributed by atoms with Crippen molar-refractivity contribution in [3.05, 3.63) is 71.0 Å². The average molecular weight is 432 g/mol. The molecule has 32 heavy (non-hydrogen) atoms. The Kier molecular flexibility index (Phi) is 5.39. The van der Waals surface area contributed by atoms with Crippen molar-refractivity contribution in [2.75, 3.05) is 19.1 Å². The highest BCUT2D eigenvalue weighted by Crippen LogP contribution is 2.50. The highest BCUT2D eigenvalue weighted by Gasteiger charge is 2.45. The summed E-state index contributed by atoms with van der Waals surface area (Å²) in [6, 6.07) is 11.5. The first-order chi connectivity index (χ1) is 15.3. The summed E-state index contributed by atoms with van der Waals surface area (Å²) in [7, 11) is 3.13. The number of aromatic amines is 1. The van der Waals surface area contributed by atoms with Crippen LogP contribution in [-0.2, 0) is 4.79 Å². The highest BCUT2D eigenvalue weighted by molar-refractivity contribution is 6.01. The lowest BCUT2D eigenvalue weighted by atomic mass is 9.68. The number of ether oxygens (including phenoxy) is 2. The van der Waals surface area contributed by atoms with E-state index in [0.29, 0.717) is 41.3 Å². The molecule has 0 saturated heterocycles. The number of Topliss-reactive ketones (excluding diaryl/α,β-unsaturated/α-hetero) is 1. The molecule has 1 aliphatic heterocycles. The summed E-state index contributed by atoms with van der Waals surface area (Å²) in [5, 5.41) is 10.2. The summed E-state index contributed by atoms with van der Waals surface area (Å²) >= 11 is 0. The van der Waals surface area contributed by atoms with Gasteiger partial charge >= 0.3 is 0 Å². The van der Waals surface area contributed by atoms with Gasteiger partial charge in [0, 0.05) is 23.8 Å². The van der Waals surface area contributed by atoms with E-state index in [2.05, 4.69) is 24.9 Å². The quantitative estimate of drug-likeness (QED) is 0.795. The molecule has 1 atom stereocenters.